The van der Waals surface area contributed by atoms with Gasteiger partial charge >= 0.3 is 6.09 Å². The molecule has 0 atom stereocenters. The predicted octanol–water partition coefficient (Wildman–Crippen LogP) is -1.53. The Morgan fingerprint density at radius 3 is 2.28 bits per heavy atom. The van der Waals surface area contributed by atoms with E-state index in [-0.39, 0.29) is 11.4 Å². The predicted molar refractivity (Wildman–Crippen MR) is 87.9 cm³/mol. The molecule has 1 heterocycles. The first-order chi connectivity index (χ1) is 11.9. The van der Waals surface area contributed by atoms with E-state index in [0.29, 0.717) is 31.9 Å². The lowest BCUT2D eigenvalue weighted by Gasteiger charge is -2.31. The van der Waals surface area contributed by atoms with Gasteiger partial charge in [-0.05, 0) is 24.3 Å². The highest BCUT2D eigenvalue weighted by molar-refractivity contribution is 7.89. The van der Waals surface area contributed by atoms with Crippen molar-refractivity contribution < 1.29 is 32.4 Å². The number of imide groups is 1. The quantitative estimate of drug-likeness (QED) is 0.649. The molecule has 1 aromatic rings. The molecule has 2 amide bonds. The lowest BCUT2D eigenvalue weighted by Crippen LogP contribution is -3.15. The molecule has 0 radical (unpaired) electrons. The third kappa shape index (κ3) is 4.91. The van der Waals surface area contributed by atoms with Crippen molar-refractivity contribution in [1.29, 1.82) is 0 Å². The van der Waals surface area contributed by atoms with Crippen molar-refractivity contribution in [3.05, 3.63) is 24.3 Å². The van der Waals surface area contributed by atoms with Crippen LogP contribution in [0.15, 0.2) is 29.2 Å². The van der Waals surface area contributed by atoms with Crippen LogP contribution in [0.25, 0.3) is 0 Å². The summed E-state index contributed by atoms with van der Waals surface area (Å²) in [6.07, 6.45) is -0.801. The molecule has 0 aliphatic carbocycles. The summed E-state index contributed by atoms with van der Waals surface area (Å²) in [6, 6.07) is 6.23. The number of carbonyl (C=O) groups is 2. The van der Waals surface area contributed by atoms with Gasteiger partial charge in [0, 0.05) is 0 Å². The third-order valence-electron chi connectivity index (χ3n) is 3.96. The van der Waals surface area contributed by atoms with Crippen molar-refractivity contribution in [1.82, 2.24) is 9.62 Å². The number of sulfonamides is 1. The minimum atomic E-state index is -3.57. The molecule has 0 bridgehead atoms. The Kier molecular flexibility index (Phi) is 6.34. The molecule has 2 rings (SSSR count). The van der Waals surface area contributed by atoms with Crippen molar-refractivity contribution in [2.45, 2.75) is 4.90 Å². The van der Waals surface area contributed by atoms with Gasteiger partial charge in [0.05, 0.1) is 45.3 Å². The number of carbonyl (C=O) groups excluding carboxylic acids is 2. The molecule has 138 valence electrons. The van der Waals surface area contributed by atoms with Gasteiger partial charge in [-0.3, -0.25) is 10.1 Å². The molecule has 1 aromatic carbocycles. The van der Waals surface area contributed by atoms with E-state index in [1.165, 1.54) is 30.7 Å². The van der Waals surface area contributed by atoms with Crippen LogP contribution in [0.3, 0.4) is 0 Å². The third-order valence-corrected chi connectivity index (χ3v) is 5.88. The standard InChI is InChI=1S/C15H21N3O6S/c1-23-12-3-5-13(6-4-12)25(21,22)18-9-7-17(8-10-18)11-14(19)16-15(20)24-2/h3-6H,7-11H2,1-2H3,(H,16,19,20)/p+1. The summed E-state index contributed by atoms with van der Waals surface area (Å²) in [4.78, 5) is 23.8. The molecular weight excluding hydrogens is 350 g/mol. The van der Waals surface area contributed by atoms with Gasteiger partial charge in [-0.25, -0.2) is 13.2 Å². The van der Waals surface area contributed by atoms with Gasteiger partial charge in [0.1, 0.15) is 5.75 Å². The van der Waals surface area contributed by atoms with Gasteiger partial charge in [0.2, 0.25) is 10.0 Å². The van der Waals surface area contributed by atoms with Crippen molar-refractivity contribution in [2.75, 3.05) is 46.9 Å². The highest BCUT2D eigenvalue weighted by Gasteiger charge is 2.31. The molecule has 2 N–H and O–H groups in total. The van der Waals surface area contributed by atoms with E-state index in [2.05, 4.69) is 10.1 Å². The summed E-state index contributed by atoms with van der Waals surface area (Å²) >= 11 is 0. The van der Waals surface area contributed by atoms with Gasteiger partial charge < -0.3 is 14.4 Å². The van der Waals surface area contributed by atoms with Crippen LogP contribution in [0, 0.1) is 0 Å². The zero-order chi connectivity index (χ0) is 18.4. The minimum absolute atomic E-state index is 0.0888. The fourth-order valence-corrected chi connectivity index (χ4v) is 3.99. The van der Waals surface area contributed by atoms with Gasteiger partial charge in [-0.2, -0.15) is 4.31 Å². The summed E-state index contributed by atoms with van der Waals surface area (Å²) in [5.74, 6) is 0.137. The molecule has 1 aliphatic heterocycles. The number of nitrogens with one attached hydrogen (secondary N) is 2. The lowest BCUT2D eigenvalue weighted by molar-refractivity contribution is -0.895. The number of nitrogens with zero attached hydrogens (tertiary/aromatic N) is 1. The van der Waals surface area contributed by atoms with Gasteiger partial charge in [0.15, 0.2) is 6.54 Å². The van der Waals surface area contributed by atoms with Crippen LogP contribution in [0.5, 0.6) is 5.75 Å². The number of rotatable bonds is 5. The Morgan fingerprint density at radius 2 is 1.76 bits per heavy atom. The summed E-state index contributed by atoms with van der Waals surface area (Å²) < 4.78 is 36.1. The number of benzene rings is 1. The molecular formula is C15H22N3O6S+. The second-order valence-corrected chi connectivity index (χ2v) is 7.48. The first-order valence-electron chi connectivity index (χ1n) is 7.72. The zero-order valence-electron chi connectivity index (χ0n) is 14.1. The van der Waals surface area contributed by atoms with E-state index >= 15 is 0 Å². The second-order valence-electron chi connectivity index (χ2n) is 5.55. The molecule has 25 heavy (non-hydrogen) atoms. The molecule has 1 aliphatic rings. The van der Waals surface area contributed by atoms with E-state index in [9.17, 15) is 18.0 Å². The fourth-order valence-electron chi connectivity index (χ4n) is 2.55. The van der Waals surface area contributed by atoms with Crippen LogP contribution in [0.2, 0.25) is 0 Å². The molecule has 1 fully saturated rings. The highest BCUT2D eigenvalue weighted by atomic mass is 32.2. The van der Waals surface area contributed by atoms with Crippen LogP contribution in [0.4, 0.5) is 4.79 Å². The highest BCUT2D eigenvalue weighted by Crippen LogP contribution is 2.19. The van der Waals surface area contributed by atoms with Crippen LogP contribution >= 0.6 is 0 Å². The SMILES string of the molecule is COC(=O)NC(=O)C[NH+]1CCN(S(=O)(=O)c2ccc(OC)cc2)CC1. The van der Waals surface area contributed by atoms with E-state index in [0.717, 1.165) is 4.90 Å². The van der Waals surface area contributed by atoms with Crippen molar-refractivity contribution >= 4 is 22.0 Å². The maximum Gasteiger partial charge on any atom is 0.413 e. The average molecular weight is 372 g/mol. The molecule has 0 unspecified atom stereocenters. The number of hydrogen-bond acceptors (Lipinski definition) is 6. The molecule has 0 saturated carbocycles. The van der Waals surface area contributed by atoms with Crippen molar-refractivity contribution in [3.8, 4) is 5.75 Å². The number of alkyl carbamates (subject to hydrolysis) is 1. The van der Waals surface area contributed by atoms with Gasteiger partial charge in [0.25, 0.3) is 5.91 Å². The first-order valence-corrected chi connectivity index (χ1v) is 9.16. The lowest BCUT2D eigenvalue weighted by atomic mass is 10.3. The summed E-state index contributed by atoms with van der Waals surface area (Å²) in [5, 5.41) is 2.09. The zero-order valence-corrected chi connectivity index (χ0v) is 15.0. The number of amides is 2. The Balaban J connectivity index is 1.92. The normalized spacial score (nSPS) is 16.2. The van der Waals surface area contributed by atoms with Crippen LogP contribution in [-0.4, -0.2) is 71.7 Å². The molecule has 1 saturated heterocycles. The summed E-state index contributed by atoms with van der Waals surface area (Å²) in [7, 11) is -0.878. The topological polar surface area (TPSA) is 106 Å². The van der Waals surface area contributed by atoms with Gasteiger partial charge in [-0.15, -0.1) is 0 Å². The molecule has 9 nitrogen and oxygen atoms in total. The fraction of sp³-hybridized carbons (Fsp3) is 0.467. The molecule has 10 heteroatoms. The maximum absolute atomic E-state index is 12.6. The Labute approximate surface area is 146 Å². The van der Waals surface area contributed by atoms with Gasteiger partial charge in [-0.1, -0.05) is 0 Å². The molecule has 0 spiro atoms. The van der Waals surface area contributed by atoms with Crippen LogP contribution < -0.4 is 15.0 Å². The van der Waals surface area contributed by atoms with Crippen LogP contribution in [-0.2, 0) is 19.6 Å². The monoisotopic (exact) mass is 372 g/mol. The minimum Gasteiger partial charge on any atom is -0.497 e. The van der Waals surface area contributed by atoms with E-state index in [1.807, 2.05) is 0 Å². The Hall–Kier alpha value is -2.17. The van der Waals surface area contributed by atoms with E-state index in [4.69, 9.17) is 4.74 Å². The second kappa shape index (κ2) is 8.28. The summed E-state index contributed by atoms with van der Waals surface area (Å²) in [5.41, 5.74) is 0. The van der Waals surface area contributed by atoms with Crippen molar-refractivity contribution in [2.24, 2.45) is 0 Å². The first kappa shape index (κ1) is 19.2. The molecule has 0 aromatic heterocycles. The largest absolute Gasteiger partial charge is 0.497 e. The maximum atomic E-state index is 12.6. The smallest absolute Gasteiger partial charge is 0.413 e. The van der Waals surface area contributed by atoms with Crippen molar-refractivity contribution in [3.63, 3.8) is 0 Å². The number of methoxy groups -OCH3 is 2. The summed E-state index contributed by atoms with van der Waals surface area (Å²) in [6.45, 7) is 1.64. The number of ether oxygens (including phenoxy) is 2. The number of piperazine rings is 1. The number of hydrogen-bond donors (Lipinski definition) is 2. The van der Waals surface area contributed by atoms with Crippen LogP contribution in [0.1, 0.15) is 0 Å². The average Bonchev–Trinajstić information content (AvgIpc) is 2.62. The number of quaternary nitrogens is 1. The Bertz CT molecular complexity index is 711. The Morgan fingerprint density at radius 1 is 1.16 bits per heavy atom. The van der Waals surface area contributed by atoms with E-state index < -0.39 is 22.0 Å². The van der Waals surface area contributed by atoms with E-state index in [1.54, 1.807) is 12.1 Å².